The number of anilines is 2. The summed E-state index contributed by atoms with van der Waals surface area (Å²) in [6, 6.07) is 16.3. The minimum atomic E-state index is -0.639. The van der Waals surface area contributed by atoms with Gasteiger partial charge in [0.15, 0.2) is 16.7 Å². The number of hydrogen-bond donors (Lipinski definition) is 4. The summed E-state index contributed by atoms with van der Waals surface area (Å²) in [5.41, 5.74) is 1.20. The topological polar surface area (TPSA) is 108 Å². The molecule has 1 aliphatic rings. The number of hydrogen-bond acceptors (Lipinski definition) is 6. The first kappa shape index (κ1) is 27.0. The molecule has 0 atom stereocenters. The maximum atomic E-state index is 14.7. The van der Waals surface area contributed by atoms with Crippen molar-refractivity contribution in [3.8, 4) is 11.5 Å². The second-order valence-electron chi connectivity index (χ2n) is 8.96. The normalized spacial score (nSPS) is 13.8. The molecule has 0 unspecified atom stereocenters. The molecule has 1 aromatic heterocycles. The Balaban J connectivity index is 1.28. The van der Waals surface area contributed by atoms with Crippen molar-refractivity contribution in [2.75, 3.05) is 30.8 Å². The number of nitrogens with zero attached hydrogens (tertiary/aromatic N) is 2. The summed E-state index contributed by atoms with van der Waals surface area (Å²) in [4.78, 5) is 30.9. The van der Waals surface area contributed by atoms with E-state index in [-0.39, 0.29) is 41.1 Å². The van der Waals surface area contributed by atoms with Gasteiger partial charge in [0.25, 0.3) is 0 Å². The van der Waals surface area contributed by atoms with Crippen molar-refractivity contribution < 1.29 is 18.7 Å². The van der Waals surface area contributed by atoms with Gasteiger partial charge in [0.1, 0.15) is 11.6 Å². The lowest BCUT2D eigenvalue weighted by molar-refractivity contribution is -0.119. The van der Waals surface area contributed by atoms with Crippen molar-refractivity contribution in [3.63, 3.8) is 0 Å². The minimum Gasteiger partial charge on any atom is -0.454 e. The van der Waals surface area contributed by atoms with Gasteiger partial charge in [-0.05, 0) is 69.0 Å². The summed E-state index contributed by atoms with van der Waals surface area (Å²) in [6.45, 7) is 1.86. The summed E-state index contributed by atoms with van der Waals surface area (Å²) < 4.78 is 20.4. The number of carbonyl (C=O) groups excluding carboxylic acids is 2. The van der Waals surface area contributed by atoms with Crippen LogP contribution in [0.5, 0.6) is 11.5 Å². The third-order valence-corrected chi connectivity index (χ3v) is 6.11. The van der Waals surface area contributed by atoms with E-state index in [1.54, 1.807) is 12.1 Å². The standard InChI is InChI=1S/C27H29FN6O3S/c1-34-13-10-19(11-14-34)30-26(36)32-24-17-21(9-12-29-24)37-23-8-7-20(16-22(23)28)31-27(38)33-25(35)15-18-5-3-2-4-6-18/h2-9,12,16-17,19H,10-11,13-15H2,1H3,(H2,29,30,32,36)(H2,31,33,35,38). The van der Waals surface area contributed by atoms with Gasteiger partial charge in [0.2, 0.25) is 5.91 Å². The van der Waals surface area contributed by atoms with Crippen LogP contribution in [0.3, 0.4) is 0 Å². The molecular weight excluding hydrogens is 507 g/mol. The summed E-state index contributed by atoms with van der Waals surface area (Å²) in [5, 5.41) is 11.1. The second kappa shape index (κ2) is 12.9. The van der Waals surface area contributed by atoms with Crippen LogP contribution in [0.25, 0.3) is 0 Å². The highest BCUT2D eigenvalue weighted by Crippen LogP contribution is 2.27. The first-order valence-corrected chi connectivity index (χ1v) is 12.6. The lowest BCUT2D eigenvalue weighted by Gasteiger charge is -2.29. The van der Waals surface area contributed by atoms with Crippen molar-refractivity contribution in [2.24, 2.45) is 0 Å². The third kappa shape index (κ3) is 8.22. The largest absolute Gasteiger partial charge is 0.454 e. The van der Waals surface area contributed by atoms with Crippen LogP contribution in [-0.4, -0.2) is 53.1 Å². The number of halogens is 1. The molecule has 11 heteroatoms. The van der Waals surface area contributed by atoms with Crippen molar-refractivity contribution in [3.05, 3.63) is 78.2 Å². The fourth-order valence-electron chi connectivity index (χ4n) is 3.94. The van der Waals surface area contributed by atoms with Gasteiger partial charge >= 0.3 is 6.03 Å². The molecule has 0 bridgehead atoms. The van der Waals surface area contributed by atoms with Crippen LogP contribution in [0.15, 0.2) is 66.9 Å². The van der Waals surface area contributed by atoms with Crippen molar-refractivity contribution >= 4 is 40.8 Å². The molecule has 0 radical (unpaired) electrons. The zero-order chi connectivity index (χ0) is 26.9. The Morgan fingerprint density at radius 1 is 1.08 bits per heavy atom. The molecule has 0 aliphatic carbocycles. The molecular formula is C27H29FN6O3S. The second-order valence-corrected chi connectivity index (χ2v) is 9.37. The van der Waals surface area contributed by atoms with Crippen molar-refractivity contribution in [2.45, 2.75) is 25.3 Å². The van der Waals surface area contributed by atoms with Crippen LogP contribution in [0.1, 0.15) is 18.4 Å². The number of carbonyl (C=O) groups is 2. The average Bonchev–Trinajstić information content (AvgIpc) is 2.88. The van der Waals surface area contributed by atoms with Crippen molar-refractivity contribution in [1.82, 2.24) is 20.5 Å². The number of likely N-dealkylation sites (tertiary alicyclic amines) is 1. The molecule has 9 nitrogen and oxygen atoms in total. The number of urea groups is 1. The van der Waals surface area contributed by atoms with Crippen LogP contribution < -0.4 is 26.0 Å². The fourth-order valence-corrected chi connectivity index (χ4v) is 4.17. The number of benzene rings is 2. The zero-order valence-corrected chi connectivity index (χ0v) is 21.7. The number of nitrogens with one attached hydrogen (secondary N) is 4. The number of amides is 3. The average molecular weight is 537 g/mol. The molecule has 38 heavy (non-hydrogen) atoms. The number of rotatable bonds is 7. The van der Waals surface area contributed by atoms with Crippen LogP contribution in [0.4, 0.5) is 20.7 Å². The van der Waals surface area contributed by atoms with E-state index in [2.05, 4.69) is 38.2 Å². The molecule has 198 valence electrons. The van der Waals surface area contributed by atoms with Gasteiger partial charge in [-0.25, -0.2) is 14.2 Å². The SMILES string of the molecule is CN1CCC(NC(=O)Nc2cc(Oc3ccc(NC(=S)NC(=O)Cc4ccccc4)cc3F)ccn2)CC1. The summed E-state index contributed by atoms with van der Waals surface area (Å²) >= 11 is 5.17. The molecule has 4 N–H and O–H groups in total. The van der Waals surface area contributed by atoms with Gasteiger partial charge in [-0.3, -0.25) is 10.1 Å². The Morgan fingerprint density at radius 2 is 1.84 bits per heavy atom. The summed E-state index contributed by atoms with van der Waals surface area (Å²) in [5.74, 6) is -0.361. The molecule has 0 spiro atoms. The van der Waals surface area contributed by atoms with Gasteiger partial charge in [0, 0.05) is 30.1 Å². The molecule has 1 aliphatic heterocycles. The maximum absolute atomic E-state index is 14.7. The quantitative estimate of drug-likeness (QED) is 0.334. The Labute approximate surface area is 225 Å². The Bertz CT molecular complexity index is 1280. The van der Waals surface area contributed by atoms with Crippen molar-refractivity contribution in [1.29, 1.82) is 0 Å². The Kier molecular flexibility index (Phi) is 9.17. The first-order valence-electron chi connectivity index (χ1n) is 12.2. The zero-order valence-electron chi connectivity index (χ0n) is 20.9. The van der Waals surface area contributed by atoms with E-state index in [0.717, 1.165) is 31.5 Å². The predicted molar refractivity (Wildman–Crippen MR) is 148 cm³/mol. The number of thiocarbonyl (C=S) groups is 1. The van der Waals surface area contributed by atoms with Crippen LogP contribution >= 0.6 is 12.2 Å². The molecule has 2 aromatic carbocycles. The Morgan fingerprint density at radius 3 is 2.58 bits per heavy atom. The minimum absolute atomic E-state index is 0.0255. The van der Waals surface area contributed by atoms with E-state index in [1.807, 2.05) is 30.3 Å². The van der Waals surface area contributed by atoms with Crippen LogP contribution in [-0.2, 0) is 11.2 Å². The van der Waals surface area contributed by atoms with Crippen LogP contribution in [0.2, 0.25) is 0 Å². The van der Waals surface area contributed by atoms with Gasteiger partial charge < -0.3 is 25.6 Å². The highest BCUT2D eigenvalue weighted by molar-refractivity contribution is 7.80. The molecule has 4 rings (SSSR count). The smallest absolute Gasteiger partial charge is 0.320 e. The lowest BCUT2D eigenvalue weighted by atomic mass is 10.1. The monoisotopic (exact) mass is 536 g/mol. The van der Waals surface area contributed by atoms with Gasteiger partial charge in [-0.1, -0.05) is 30.3 Å². The van der Waals surface area contributed by atoms with Gasteiger partial charge in [-0.15, -0.1) is 0 Å². The maximum Gasteiger partial charge on any atom is 0.320 e. The van der Waals surface area contributed by atoms with E-state index in [0.29, 0.717) is 11.4 Å². The number of aromatic nitrogens is 1. The lowest BCUT2D eigenvalue weighted by Crippen LogP contribution is -2.44. The fraction of sp³-hybridized carbons (Fsp3) is 0.259. The van der Waals surface area contributed by atoms with E-state index < -0.39 is 5.82 Å². The number of pyridine rings is 1. The molecule has 3 amide bonds. The van der Waals surface area contributed by atoms with Gasteiger partial charge in [0.05, 0.1) is 6.42 Å². The van der Waals surface area contributed by atoms with E-state index in [4.69, 9.17) is 17.0 Å². The van der Waals surface area contributed by atoms with E-state index in [9.17, 15) is 14.0 Å². The summed E-state index contributed by atoms with van der Waals surface area (Å²) in [7, 11) is 2.06. The predicted octanol–water partition coefficient (Wildman–Crippen LogP) is 4.28. The Hall–Kier alpha value is -4.09. The molecule has 0 saturated carbocycles. The molecule has 1 saturated heterocycles. The first-order chi connectivity index (χ1) is 18.3. The molecule has 1 fully saturated rings. The summed E-state index contributed by atoms with van der Waals surface area (Å²) in [6.07, 6.45) is 3.40. The van der Waals surface area contributed by atoms with E-state index >= 15 is 0 Å². The highest BCUT2D eigenvalue weighted by Gasteiger charge is 2.18. The number of ether oxygens (including phenoxy) is 1. The van der Waals surface area contributed by atoms with Gasteiger partial charge in [-0.2, -0.15) is 0 Å². The molecule has 3 aromatic rings. The molecule has 2 heterocycles. The highest BCUT2D eigenvalue weighted by atomic mass is 32.1. The van der Waals surface area contributed by atoms with E-state index in [1.165, 1.54) is 24.4 Å². The third-order valence-electron chi connectivity index (χ3n) is 5.90. The number of piperidine rings is 1. The van der Waals surface area contributed by atoms with Crippen LogP contribution in [0, 0.1) is 5.82 Å².